The summed E-state index contributed by atoms with van der Waals surface area (Å²) in [6, 6.07) is 25.9. The van der Waals surface area contributed by atoms with Gasteiger partial charge in [0.1, 0.15) is 13.1 Å². The molecule has 0 heterocycles. The number of nitrogens with one attached hydrogen (secondary N) is 2. The summed E-state index contributed by atoms with van der Waals surface area (Å²) in [5.74, 6) is -1.16. The molecule has 0 bridgehead atoms. The predicted molar refractivity (Wildman–Crippen MR) is 198 cm³/mol. The number of thioether (sulfide) groups is 2. The monoisotopic (exact) mass is 740 g/mol. The number of benzene rings is 4. The van der Waals surface area contributed by atoms with Gasteiger partial charge in [-0.3, -0.25) is 18.2 Å². The van der Waals surface area contributed by atoms with Gasteiger partial charge < -0.3 is 10.6 Å². The van der Waals surface area contributed by atoms with Gasteiger partial charge in [0.05, 0.1) is 21.2 Å². The average Bonchev–Trinajstić information content (AvgIpc) is 3.09. The van der Waals surface area contributed by atoms with E-state index in [1.54, 1.807) is 79.7 Å². The molecule has 0 fully saturated rings. The van der Waals surface area contributed by atoms with Crippen LogP contribution in [0.25, 0.3) is 0 Å². The van der Waals surface area contributed by atoms with Crippen molar-refractivity contribution in [1.29, 1.82) is 0 Å². The number of hydrogen-bond acceptors (Lipinski definition) is 8. The fourth-order valence-electron chi connectivity index (χ4n) is 4.76. The van der Waals surface area contributed by atoms with Crippen LogP contribution >= 0.6 is 23.5 Å². The molecule has 14 heteroatoms. The van der Waals surface area contributed by atoms with Crippen LogP contribution in [0, 0.1) is 13.8 Å². The van der Waals surface area contributed by atoms with Crippen LogP contribution in [0.3, 0.4) is 0 Å². The van der Waals surface area contributed by atoms with Crippen molar-refractivity contribution in [1.82, 2.24) is 10.6 Å². The normalized spacial score (nSPS) is 12.2. The van der Waals surface area contributed by atoms with Crippen LogP contribution in [-0.2, 0) is 29.6 Å². The number of nitrogens with zero attached hydrogens (tertiary/aromatic N) is 2. The molecule has 49 heavy (non-hydrogen) atoms. The highest BCUT2D eigenvalue weighted by atomic mass is 32.2. The average molecular weight is 741 g/mol. The third-order valence-electron chi connectivity index (χ3n) is 7.53. The molecule has 2 amide bonds. The predicted octanol–water partition coefficient (Wildman–Crippen LogP) is 5.46. The van der Waals surface area contributed by atoms with Gasteiger partial charge in [-0.25, -0.2) is 16.8 Å². The van der Waals surface area contributed by atoms with Crippen molar-refractivity contribution in [3.63, 3.8) is 0 Å². The lowest BCUT2D eigenvalue weighted by atomic mass is 10.2. The molecule has 0 saturated heterocycles. The van der Waals surface area contributed by atoms with E-state index in [0.29, 0.717) is 11.4 Å². The van der Waals surface area contributed by atoms with E-state index in [1.165, 1.54) is 47.8 Å². The molecule has 4 aromatic carbocycles. The molecule has 0 spiro atoms. The van der Waals surface area contributed by atoms with E-state index in [1.807, 2.05) is 26.4 Å². The van der Waals surface area contributed by atoms with E-state index in [-0.39, 0.29) is 16.3 Å². The van der Waals surface area contributed by atoms with Gasteiger partial charge >= 0.3 is 0 Å². The Labute approximate surface area is 297 Å². The van der Waals surface area contributed by atoms with Crippen molar-refractivity contribution in [3.8, 4) is 0 Å². The van der Waals surface area contributed by atoms with Crippen LogP contribution in [0.4, 0.5) is 11.4 Å². The van der Waals surface area contributed by atoms with Gasteiger partial charge in [0.2, 0.25) is 11.8 Å². The second kappa shape index (κ2) is 16.6. The van der Waals surface area contributed by atoms with Crippen LogP contribution in [0.1, 0.15) is 18.1 Å². The number of rotatable bonds is 15. The van der Waals surface area contributed by atoms with E-state index >= 15 is 0 Å². The standard InChI is InChI=1S/C35H40N4O6S4/c1-25-6-10-28(11-7-25)38(48(42,43)32-18-14-30(46-4)15-19-32)23-34(40)36-22-27(3)37-35(41)24-39(29-12-8-26(2)9-13-29)49(44,45)33-20-16-31(47-5)17-21-33/h6-21,27H,22-24H2,1-5H3,(H,36,40)(H,37,41). The van der Waals surface area contributed by atoms with Crippen molar-refractivity contribution in [2.45, 2.75) is 46.4 Å². The molecule has 10 nitrogen and oxygen atoms in total. The fraction of sp³-hybridized carbons (Fsp3) is 0.257. The van der Waals surface area contributed by atoms with E-state index in [2.05, 4.69) is 10.6 Å². The number of aryl methyl sites for hydroxylation is 2. The summed E-state index contributed by atoms with van der Waals surface area (Å²) < 4.78 is 57.0. The third-order valence-corrected chi connectivity index (χ3v) is 12.6. The highest BCUT2D eigenvalue weighted by Gasteiger charge is 2.29. The minimum Gasteiger partial charge on any atom is -0.352 e. The zero-order chi connectivity index (χ0) is 35.8. The highest BCUT2D eigenvalue weighted by molar-refractivity contribution is 7.98. The first-order valence-electron chi connectivity index (χ1n) is 15.3. The van der Waals surface area contributed by atoms with E-state index < -0.39 is 51.0 Å². The number of carbonyl (C=O) groups is 2. The Hall–Kier alpha value is -3.98. The van der Waals surface area contributed by atoms with Crippen LogP contribution in [0.2, 0.25) is 0 Å². The number of hydrogen-bond donors (Lipinski definition) is 2. The molecular weight excluding hydrogens is 701 g/mol. The van der Waals surface area contributed by atoms with Gasteiger partial charge in [0.25, 0.3) is 20.0 Å². The van der Waals surface area contributed by atoms with Crippen LogP contribution in [0.5, 0.6) is 0 Å². The van der Waals surface area contributed by atoms with Crippen molar-refractivity contribution in [3.05, 3.63) is 108 Å². The van der Waals surface area contributed by atoms with E-state index in [4.69, 9.17) is 0 Å². The molecule has 0 saturated carbocycles. The Morgan fingerprint density at radius 1 is 0.612 bits per heavy atom. The maximum atomic E-state index is 13.7. The van der Waals surface area contributed by atoms with Crippen LogP contribution in [-0.4, -0.2) is 66.8 Å². The second-order valence-electron chi connectivity index (χ2n) is 11.3. The Balaban J connectivity index is 1.45. The summed E-state index contributed by atoms with van der Waals surface area (Å²) in [6.45, 7) is 4.40. The number of anilines is 2. The molecular formula is C35H40N4O6S4. The van der Waals surface area contributed by atoms with Crippen LogP contribution < -0.4 is 19.2 Å². The zero-order valence-electron chi connectivity index (χ0n) is 27.9. The molecule has 4 rings (SSSR count). The van der Waals surface area contributed by atoms with Crippen molar-refractivity contribution < 1.29 is 26.4 Å². The SMILES string of the molecule is CSc1ccc(S(=O)(=O)N(CC(=O)NCC(C)NC(=O)CN(c2ccc(C)cc2)S(=O)(=O)c2ccc(SC)cc2)c2ccc(C)cc2)cc1. The summed E-state index contributed by atoms with van der Waals surface area (Å²) >= 11 is 2.97. The van der Waals surface area contributed by atoms with Crippen LogP contribution in [0.15, 0.2) is 117 Å². The lowest BCUT2D eigenvalue weighted by Crippen LogP contribution is -2.48. The quantitative estimate of drug-likeness (QED) is 0.154. The highest BCUT2D eigenvalue weighted by Crippen LogP contribution is 2.27. The maximum Gasteiger partial charge on any atom is 0.264 e. The summed E-state index contributed by atoms with van der Waals surface area (Å²) in [5, 5.41) is 5.45. The Morgan fingerprint density at radius 2 is 0.980 bits per heavy atom. The Morgan fingerprint density at radius 3 is 1.35 bits per heavy atom. The molecule has 1 unspecified atom stereocenters. The molecule has 0 radical (unpaired) electrons. The molecule has 260 valence electrons. The lowest BCUT2D eigenvalue weighted by molar-refractivity contribution is -0.122. The fourth-order valence-corrected chi connectivity index (χ4v) is 8.42. The molecule has 1 atom stereocenters. The Bertz CT molecular complexity index is 1950. The molecule has 2 N–H and O–H groups in total. The number of carbonyl (C=O) groups excluding carboxylic acids is 2. The number of amides is 2. The summed E-state index contributed by atoms with van der Waals surface area (Å²) in [6.07, 6.45) is 3.79. The van der Waals surface area contributed by atoms with E-state index in [0.717, 1.165) is 29.5 Å². The summed E-state index contributed by atoms with van der Waals surface area (Å²) in [5.41, 5.74) is 2.52. The zero-order valence-corrected chi connectivity index (χ0v) is 31.2. The number of sulfonamides is 2. The van der Waals surface area contributed by atoms with Gasteiger partial charge in [0, 0.05) is 22.4 Å². The third kappa shape index (κ3) is 9.81. The largest absolute Gasteiger partial charge is 0.352 e. The first kappa shape index (κ1) is 37.8. The van der Waals surface area contributed by atoms with Gasteiger partial charge in [-0.05, 0) is 106 Å². The molecule has 0 aromatic heterocycles. The summed E-state index contributed by atoms with van der Waals surface area (Å²) in [7, 11) is -8.20. The molecule has 4 aromatic rings. The minimum atomic E-state index is -4.10. The first-order valence-corrected chi connectivity index (χ1v) is 20.6. The van der Waals surface area contributed by atoms with Crippen molar-refractivity contribution in [2.24, 2.45) is 0 Å². The van der Waals surface area contributed by atoms with Gasteiger partial charge in [-0.15, -0.1) is 23.5 Å². The lowest BCUT2D eigenvalue weighted by Gasteiger charge is -2.26. The topological polar surface area (TPSA) is 133 Å². The van der Waals surface area contributed by atoms with Crippen molar-refractivity contribution in [2.75, 3.05) is 40.8 Å². The second-order valence-corrected chi connectivity index (χ2v) is 16.8. The molecule has 0 aliphatic heterocycles. The molecule has 0 aliphatic rings. The van der Waals surface area contributed by atoms with E-state index in [9.17, 15) is 26.4 Å². The smallest absolute Gasteiger partial charge is 0.264 e. The summed E-state index contributed by atoms with van der Waals surface area (Å²) in [4.78, 5) is 28.3. The minimum absolute atomic E-state index is 0.0256. The Kier molecular flexibility index (Phi) is 12.8. The first-order chi connectivity index (χ1) is 23.2. The van der Waals surface area contributed by atoms with Crippen molar-refractivity contribution >= 4 is 66.8 Å². The maximum absolute atomic E-state index is 13.7. The van der Waals surface area contributed by atoms with Gasteiger partial charge in [0.15, 0.2) is 0 Å². The molecule has 0 aliphatic carbocycles. The van der Waals surface area contributed by atoms with Gasteiger partial charge in [-0.1, -0.05) is 35.4 Å². The van der Waals surface area contributed by atoms with Gasteiger partial charge in [-0.2, -0.15) is 0 Å².